The second-order valence-electron chi connectivity index (χ2n) is 2.18. The van der Waals surface area contributed by atoms with E-state index < -0.39 is 0 Å². The molecule has 0 saturated carbocycles. The topological polar surface area (TPSA) is 9.23 Å². The summed E-state index contributed by atoms with van der Waals surface area (Å²) in [5, 5.41) is 0. The fourth-order valence-corrected chi connectivity index (χ4v) is 1.04. The van der Waals surface area contributed by atoms with Crippen molar-refractivity contribution < 1.29 is 9.13 Å². The van der Waals surface area contributed by atoms with Gasteiger partial charge in [-0.3, -0.25) is 0 Å². The third-order valence-electron chi connectivity index (χ3n) is 1.30. The largest absolute Gasteiger partial charge is 0.380 e. The predicted molar refractivity (Wildman–Crippen MR) is 44.8 cm³/mol. The Labute approximate surface area is 73.3 Å². The van der Waals surface area contributed by atoms with Crippen LogP contribution in [0.1, 0.15) is 5.56 Å². The van der Waals surface area contributed by atoms with Gasteiger partial charge in [0.05, 0.1) is 11.1 Å². The standard InChI is InChI=1S/C8H8BrFO/c1-11-5-6-2-3-7(9)8(10)4-6/h2-4H,5H2,1H3. The highest BCUT2D eigenvalue weighted by atomic mass is 79.9. The van der Waals surface area contributed by atoms with E-state index in [1.165, 1.54) is 6.07 Å². The highest BCUT2D eigenvalue weighted by molar-refractivity contribution is 9.10. The van der Waals surface area contributed by atoms with E-state index in [4.69, 9.17) is 4.74 Å². The molecule has 0 atom stereocenters. The van der Waals surface area contributed by atoms with E-state index in [2.05, 4.69) is 15.9 Å². The first-order valence-corrected chi connectivity index (χ1v) is 3.96. The molecule has 11 heavy (non-hydrogen) atoms. The summed E-state index contributed by atoms with van der Waals surface area (Å²) in [7, 11) is 1.58. The first kappa shape index (κ1) is 8.68. The maximum Gasteiger partial charge on any atom is 0.137 e. The lowest BCUT2D eigenvalue weighted by Crippen LogP contribution is -1.88. The average Bonchev–Trinajstić information content (AvgIpc) is 1.98. The van der Waals surface area contributed by atoms with Gasteiger partial charge in [0.25, 0.3) is 0 Å². The summed E-state index contributed by atoms with van der Waals surface area (Å²) in [5.74, 6) is -0.250. The first-order chi connectivity index (χ1) is 5.24. The molecule has 0 spiro atoms. The van der Waals surface area contributed by atoms with Crippen LogP contribution in [0.25, 0.3) is 0 Å². The number of hydrogen-bond donors (Lipinski definition) is 0. The van der Waals surface area contributed by atoms with E-state index in [1.807, 2.05) is 6.07 Å². The minimum atomic E-state index is -0.250. The molecule has 0 aliphatic heterocycles. The van der Waals surface area contributed by atoms with Gasteiger partial charge in [-0.2, -0.15) is 0 Å². The van der Waals surface area contributed by atoms with Gasteiger partial charge in [0.2, 0.25) is 0 Å². The maximum atomic E-state index is 12.8. The van der Waals surface area contributed by atoms with Crippen molar-refractivity contribution in [3.63, 3.8) is 0 Å². The molecule has 3 heteroatoms. The number of rotatable bonds is 2. The van der Waals surface area contributed by atoms with Crippen LogP contribution in [0.2, 0.25) is 0 Å². The Balaban J connectivity index is 2.86. The van der Waals surface area contributed by atoms with E-state index in [-0.39, 0.29) is 5.82 Å². The zero-order chi connectivity index (χ0) is 8.27. The van der Waals surface area contributed by atoms with E-state index in [1.54, 1.807) is 13.2 Å². The van der Waals surface area contributed by atoms with Crippen molar-refractivity contribution in [3.8, 4) is 0 Å². The Morgan fingerprint density at radius 3 is 2.82 bits per heavy atom. The zero-order valence-electron chi connectivity index (χ0n) is 6.10. The molecule has 1 rings (SSSR count). The van der Waals surface area contributed by atoms with Crippen molar-refractivity contribution in [1.82, 2.24) is 0 Å². The molecule has 0 fully saturated rings. The lowest BCUT2D eigenvalue weighted by atomic mass is 10.2. The molecule has 0 radical (unpaired) electrons. The molecule has 0 amide bonds. The van der Waals surface area contributed by atoms with Crippen LogP contribution in [-0.2, 0) is 11.3 Å². The molecule has 1 aromatic carbocycles. The molecule has 0 unspecified atom stereocenters. The molecule has 1 aromatic rings. The summed E-state index contributed by atoms with van der Waals surface area (Å²) in [6.45, 7) is 0.449. The minimum absolute atomic E-state index is 0.250. The Bertz CT molecular complexity index is 250. The quantitative estimate of drug-likeness (QED) is 0.742. The monoisotopic (exact) mass is 218 g/mol. The van der Waals surface area contributed by atoms with E-state index in [0.717, 1.165) is 5.56 Å². The van der Waals surface area contributed by atoms with Gasteiger partial charge in [0, 0.05) is 7.11 Å². The molecule has 0 aromatic heterocycles. The highest BCUT2D eigenvalue weighted by Gasteiger charge is 1.98. The number of ether oxygens (including phenoxy) is 1. The van der Waals surface area contributed by atoms with Crippen molar-refractivity contribution in [2.45, 2.75) is 6.61 Å². The molecule has 0 saturated heterocycles. The van der Waals surface area contributed by atoms with E-state index >= 15 is 0 Å². The van der Waals surface area contributed by atoms with Crippen LogP contribution in [0.15, 0.2) is 22.7 Å². The highest BCUT2D eigenvalue weighted by Crippen LogP contribution is 2.16. The molecular formula is C8H8BrFO. The number of halogens is 2. The fraction of sp³-hybridized carbons (Fsp3) is 0.250. The SMILES string of the molecule is COCc1ccc(Br)c(F)c1. The van der Waals surface area contributed by atoms with Crippen LogP contribution in [0, 0.1) is 5.82 Å². The lowest BCUT2D eigenvalue weighted by molar-refractivity contribution is 0.184. The van der Waals surface area contributed by atoms with Gasteiger partial charge in [0.1, 0.15) is 5.82 Å². The number of hydrogen-bond acceptors (Lipinski definition) is 1. The van der Waals surface area contributed by atoms with Gasteiger partial charge in [-0.15, -0.1) is 0 Å². The van der Waals surface area contributed by atoms with Gasteiger partial charge in [-0.1, -0.05) is 6.07 Å². The Hall–Kier alpha value is -0.410. The molecule has 0 aliphatic carbocycles. The van der Waals surface area contributed by atoms with Gasteiger partial charge in [-0.05, 0) is 33.6 Å². The Morgan fingerprint density at radius 2 is 2.27 bits per heavy atom. The van der Waals surface area contributed by atoms with Crippen LogP contribution in [0.4, 0.5) is 4.39 Å². The summed E-state index contributed by atoms with van der Waals surface area (Å²) in [4.78, 5) is 0. The normalized spacial score (nSPS) is 10.1. The average molecular weight is 219 g/mol. The van der Waals surface area contributed by atoms with Crippen LogP contribution < -0.4 is 0 Å². The van der Waals surface area contributed by atoms with Crippen molar-refractivity contribution in [3.05, 3.63) is 34.1 Å². The van der Waals surface area contributed by atoms with Gasteiger partial charge in [0.15, 0.2) is 0 Å². The second-order valence-corrected chi connectivity index (χ2v) is 3.04. The van der Waals surface area contributed by atoms with Crippen LogP contribution in [0.5, 0.6) is 0 Å². The van der Waals surface area contributed by atoms with Crippen molar-refractivity contribution >= 4 is 15.9 Å². The van der Waals surface area contributed by atoms with Gasteiger partial charge >= 0.3 is 0 Å². The van der Waals surface area contributed by atoms with Crippen molar-refractivity contribution in [2.24, 2.45) is 0 Å². The molecule has 0 bridgehead atoms. The summed E-state index contributed by atoms with van der Waals surface area (Å²) in [6, 6.07) is 4.94. The summed E-state index contributed by atoms with van der Waals surface area (Å²) in [5.41, 5.74) is 0.841. The van der Waals surface area contributed by atoms with Gasteiger partial charge < -0.3 is 4.74 Å². The third-order valence-corrected chi connectivity index (χ3v) is 1.94. The molecule has 60 valence electrons. The third kappa shape index (κ3) is 2.27. The van der Waals surface area contributed by atoms with E-state index in [0.29, 0.717) is 11.1 Å². The smallest absolute Gasteiger partial charge is 0.137 e. The van der Waals surface area contributed by atoms with E-state index in [9.17, 15) is 4.39 Å². The lowest BCUT2D eigenvalue weighted by Gasteiger charge is -1.99. The van der Waals surface area contributed by atoms with Crippen LogP contribution in [-0.4, -0.2) is 7.11 Å². The fourth-order valence-electron chi connectivity index (χ4n) is 0.796. The minimum Gasteiger partial charge on any atom is -0.380 e. The zero-order valence-corrected chi connectivity index (χ0v) is 7.69. The van der Waals surface area contributed by atoms with Crippen LogP contribution >= 0.6 is 15.9 Å². The Kier molecular flexibility index (Phi) is 3.02. The molecule has 0 heterocycles. The summed E-state index contributed by atoms with van der Waals surface area (Å²) < 4.78 is 18.1. The van der Waals surface area contributed by atoms with Crippen molar-refractivity contribution in [2.75, 3.05) is 7.11 Å². The number of methoxy groups -OCH3 is 1. The second kappa shape index (κ2) is 3.83. The first-order valence-electron chi connectivity index (χ1n) is 3.17. The Morgan fingerprint density at radius 1 is 1.55 bits per heavy atom. The van der Waals surface area contributed by atoms with Crippen LogP contribution in [0.3, 0.4) is 0 Å². The maximum absolute atomic E-state index is 12.8. The molecular weight excluding hydrogens is 211 g/mol. The summed E-state index contributed by atoms with van der Waals surface area (Å²) >= 11 is 3.06. The number of benzene rings is 1. The molecule has 1 nitrogen and oxygen atoms in total. The molecule has 0 aliphatic rings. The summed E-state index contributed by atoms with van der Waals surface area (Å²) in [6.07, 6.45) is 0. The predicted octanol–water partition coefficient (Wildman–Crippen LogP) is 2.73. The molecule has 0 N–H and O–H groups in total. The van der Waals surface area contributed by atoms with Gasteiger partial charge in [-0.25, -0.2) is 4.39 Å². The van der Waals surface area contributed by atoms with Crippen molar-refractivity contribution in [1.29, 1.82) is 0 Å².